The Hall–Kier alpha value is -8.18. The molecule has 4 atom stereocenters. The van der Waals surface area contributed by atoms with Gasteiger partial charge in [0.2, 0.25) is 35.4 Å². The van der Waals surface area contributed by atoms with Crippen LogP contribution in [0.2, 0.25) is 0 Å². The second-order valence-electron chi connectivity index (χ2n) is 20.5. The van der Waals surface area contributed by atoms with E-state index in [0.717, 1.165) is 23.3 Å². The maximum atomic E-state index is 15.5. The van der Waals surface area contributed by atoms with Crippen LogP contribution in [0.25, 0.3) is 22.3 Å². The number of aryl methyl sites for hydroxylation is 1. The van der Waals surface area contributed by atoms with Gasteiger partial charge in [-0.1, -0.05) is 56.5 Å². The number of cyclic esters (lactones) is 1. The van der Waals surface area contributed by atoms with Gasteiger partial charge in [-0.25, -0.2) is 14.2 Å². The summed E-state index contributed by atoms with van der Waals surface area (Å²) in [6.45, 7) is 1.45. The second kappa shape index (κ2) is 23.8. The van der Waals surface area contributed by atoms with Crippen LogP contribution in [0.4, 0.5) is 4.39 Å². The van der Waals surface area contributed by atoms with Gasteiger partial charge in [-0.2, -0.15) is 0 Å². The smallest absolute Gasteiger partial charge is 0.343 e. The molecule has 0 radical (unpaired) electrons. The highest BCUT2D eigenvalue weighted by Gasteiger charge is 2.46. The number of hydrogen-bond acceptors (Lipinski definition) is 14. The molecule has 5 heterocycles. The van der Waals surface area contributed by atoms with Gasteiger partial charge in [-0.3, -0.25) is 48.1 Å². The lowest BCUT2D eigenvalue weighted by atomic mass is 9.81. The fourth-order valence-corrected chi connectivity index (χ4v) is 10.6. The molecule has 2 aromatic heterocycles. The van der Waals surface area contributed by atoms with Crippen molar-refractivity contribution >= 4 is 64.1 Å². The zero-order chi connectivity index (χ0) is 56.1. The first-order chi connectivity index (χ1) is 37.9. The predicted octanol–water partition coefficient (Wildman–Crippen LogP) is 1.45. The van der Waals surface area contributed by atoms with Crippen molar-refractivity contribution in [2.75, 3.05) is 32.9 Å². The average molecular weight is 1090 g/mol. The summed E-state index contributed by atoms with van der Waals surface area (Å²) in [6.07, 6.45) is 5.96. The lowest BCUT2D eigenvalue weighted by Gasteiger charge is -2.31. The Morgan fingerprint density at radius 3 is 2.29 bits per heavy atom. The number of ether oxygens (including phenoxy) is 2. The van der Waals surface area contributed by atoms with E-state index < -0.39 is 103 Å². The van der Waals surface area contributed by atoms with Crippen LogP contribution in [0.1, 0.15) is 110 Å². The van der Waals surface area contributed by atoms with E-state index >= 15 is 4.39 Å². The molecule has 8 amide bonds. The number of fused-ring (bicyclic) bond motifs is 5. The van der Waals surface area contributed by atoms with Crippen molar-refractivity contribution in [2.45, 2.75) is 121 Å². The Labute approximate surface area is 452 Å². The Kier molecular flexibility index (Phi) is 16.8. The highest BCUT2D eigenvalue weighted by atomic mass is 19.1. The number of carbonyl (C=O) groups is 9. The molecule has 0 unspecified atom stereocenters. The van der Waals surface area contributed by atoms with Crippen molar-refractivity contribution < 1.29 is 62.1 Å². The van der Waals surface area contributed by atoms with E-state index in [1.807, 2.05) is 0 Å². The van der Waals surface area contributed by atoms with Crippen molar-refractivity contribution in [1.82, 2.24) is 46.4 Å². The number of unbranched alkanes of at least 4 members (excludes halogenated alkanes) is 2. The van der Waals surface area contributed by atoms with Gasteiger partial charge in [0, 0.05) is 54.1 Å². The van der Waals surface area contributed by atoms with Gasteiger partial charge >= 0.3 is 5.97 Å². The number of nitrogens with one attached hydrogen (secondary N) is 6. The first kappa shape index (κ1) is 55.6. The first-order valence-corrected chi connectivity index (χ1v) is 26.6. The van der Waals surface area contributed by atoms with Crippen LogP contribution in [0.15, 0.2) is 59.4 Å². The molecular formula is C56H62FN9O13. The Bertz CT molecular complexity index is 3230. The molecule has 79 heavy (non-hydrogen) atoms. The molecule has 0 bridgehead atoms. The van der Waals surface area contributed by atoms with Crippen LogP contribution < -0.4 is 37.5 Å². The van der Waals surface area contributed by atoms with Gasteiger partial charge in [0.15, 0.2) is 5.60 Å². The number of aliphatic hydroxyl groups is 1. The first-order valence-electron chi connectivity index (χ1n) is 26.6. The standard InChI is InChI=1S/C56H62FN9O13/c1-3-56(77)36-22-41-51-34(27-66(41)54(75)35(36)28-78-55(56)76)50-38(16-15-33-30(2)37(57)23-39(63-51)49(33)50)64-53(74)42(21-32-13-14-32)79-29-61-45(69)25-60-52(73)40(20-31-10-6-4-7-11-31)62-46(70)26-59-44(68)24-58-43(67)12-8-5-9-19-65-47(71)17-18-48(65)72/h4,6-7,10-11,17-18,22-23,32,38,40,42,77H,3,5,8-9,12-16,19-21,24-29H2,1-2H3,(H,58,67)(H,59,68)(H,60,73)(H,61,69)(H,62,70)(H,64,74)/t38-,40-,42-,56-/m0/s1. The minimum atomic E-state index is -2.06. The molecule has 3 aliphatic heterocycles. The second-order valence-corrected chi connectivity index (χ2v) is 20.5. The number of halogens is 1. The molecule has 2 aromatic carbocycles. The van der Waals surface area contributed by atoms with E-state index in [-0.39, 0.29) is 67.8 Å². The summed E-state index contributed by atoms with van der Waals surface area (Å²) in [5, 5.41) is 27.9. The van der Waals surface area contributed by atoms with Crippen LogP contribution in [-0.4, -0.2) is 118 Å². The van der Waals surface area contributed by atoms with Gasteiger partial charge in [-0.05, 0) is 79.7 Å². The van der Waals surface area contributed by atoms with E-state index in [9.17, 15) is 53.1 Å². The Morgan fingerprint density at radius 2 is 1.56 bits per heavy atom. The van der Waals surface area contributed by atoms with Crippen LogP contribution >= 0.6 is 0 Å². The maximum absolute atomic E-state index is 15.5. The molecular weight excluding hydrogens is 1030 g/mol. The molecule has 5 aliphatic rings. The minimum absolute atomic E-state index is 0.0394. The fourth-order valence-electron chi connectivity index (χ4n) is 10.6. The highest BCUT2D eigenvalue weighted by Crippen LogP contribution is 2.46. The molecule has 1 fully saturated rings. The molecule has 416 valence electrons. The molecule has 2 aliphatic carbocycles. The summed E-state index contributed by atoms with van der Waals surface area (Å²) < 4.78 is 28.3. The molecule has 22 nitrogen and oxygen atoms in total. The highest BCUT2D eigenvalue weighted by molar-refractivity contribution is 6.12. The molecule has 0 saturated heterocycles. The van der Waals surface area contributed by atoms with Crippen LogP contribution in [-0.2, 0) is 84.2 Å². The SMILES string of the molecule is CC[C@@]1(O)C(=O)OCc2c1cc1n(c2=O)Cc2c-1nc1cc(F)c(C)c3c1c2[C@@H](NC(=O)[C@H](CC1CC1)OCNC(=O)CNC(=O)[C@H](Cc1ccccc1)NC(=O)CNC(=O)CNC(=O)CCCCCN1C(=O)C=CC1=O)CC3. The number of pyridine rings is 2. The fraction of sp³-hybridized carbons (Fsp3) is 0.446. The molecule has 0 spiro atoms. The number of nitrogens with zero attached hydrogens (tertiary/aromatic N) is 3. The number of amides is 8. The van der Waals surface area contributed by atoms with Gasteiger partial charge in [-0.15, -0.1) is 0 Å². The van der Waals surface area contributed by atoms with E-state index in [2.05, 4.69) is 31.9 Å². The van der Waals surface area contributed by atoms with Gasteiger partial charge in [0.05, 0.1) is 54.7 Å². The number of imide groups is 1. The van der Waals surface area contributed by atoms with Crippen LogP contribution in [0.5, 0.6) is 0 Å². The van der Waals surface area contributed by atoms with Crippen molar-refractivity contribution in [2.24, 2.45) is 5.92 Å². The summed E-state index contributed by atoms with van der Waals surface area (Å²) in [6, 6.07) is 9.92. The number of hydrogen-bond donors (Lipinski definition) is 7. The van der Waals surface area contributed by atoms with Gasteiger partial charge < -0.3 is 51.0 Å². The minimum Gasteiger partial charge on any atom is -0.458 e. The molecule has 4 aromatic rings. The Morgan fingerprint density at radius 1 is 0.848 bits per heavy atom. The van der Waals surface area contributed by atoms with E-state index in [1.165, 1.54) is 22.8 Å². The van der Waals surface area contributed by atoms with Crippen molar-refractivity contribution in [1.29, 1.82) is 0 Å². The van der Waals surface area contributed by atoms with Crippen molar-refractivity contribution in [3.05, 3.63) is 110 Å². The lowest BCUT2D eigenvalue weighted by molar-refractivity contribution is -0.172. The zero-order valence-corrected chi connectivity index (χ0v) is 43.8. The van der Waals surface area contributed by atoms with Crippen LogP contribution in [0, 0.1) is 18.7 Å². The quantitative estimate of drug-likeness (QED) is 0.0199. The summed E-state index contributed by atoms with van der Waals surface area (Å²) in [7, 11) is 0. The summed E-state index contributed by atoms with van der Waals surface area (Å²) in [4.78, 5) is 135. The average Bonchev–Trinajstić information content (AvgIpc) is 3.66. The van der Waals surface area contributed by atoms with E-state index in [0.29, 0.717) is 83.1 Å². The van der Waals surface area contributed by atoms with E-state index in [4.69, 9.17) is 14.5 Å². The predicted molar refractivity (Wildman–Crippen MR) is 279 cm³/mol. The molecule has 7 N–H and O–H groups in total. The van der Waals surface area contributed by atoms with Crippen LogP contribution in [0.3, 0.4) is 0 Å². The molecule has 23 heteroatoms. The number of rotatable bonds is 24. The van der Waals surface area contributed by atoms with Crippen molar-refractivity contribution in [3.63, 3.8) is 0 Å². The lowest BCUT2D eigenvalue weighted by Crippen LogP contribution is -2.52. The largest absolute Gasteiger partial charge is 0.458 e. The third-order valence-electron chi connectivity index (χ3n) is 15.2. The molecule has 9 rings (SSSR count). The maximum Gasteiger partial charge on any atom is 0.343 e. The summed E-state index contributed by atoms with van der Waals surface area (Å²) in [5.41, 5.74) is 1.96. The number of carbonyl (C=O) groups excluding carboxylic acids is 9. The van der Waals surface area contributed by atoms with Crippen molar-refractivity contribution in [3.8, 4) is 11.4 Å². The Balaban J connectivity index is 0.785. The number of esters is 1. The summed E-state index contributed by atoms with van der Waals surface area (Å²) in [5.74, 6) is -5.43. The number of aromatic nitrogens is 2. The van der Waals surface area contributed by atoms with Gasteiger partial charge in [0.25, 0.3) is 17.4 Å². The number of benzene rings is 2. The third kappa shape index (κ3) is 12.3. The van der Waals surface area contributed by atoms with Gasteiger partial charge in [0.1, 0.15) is 31.3 Å². The normalized spacial score (nSPS) is 18.5. The monoisotopic (exact) mass is 1090 g/mol. The zero-order valence-electron chi connectivity index (χ0n) is 43.8. The molecule has 1 saturated carbocycles. The van der Waals surface area contributed by atoms with E-state index in [1.54, 1.807) is 50.2 Å². The third-order valence-corrected chi connectivity index (χ3v) is 15.2. The topological polar surface area (TPSA) is 303 Å². The summed E-state index contributed by atoms with van der Waals surface area (Å²) >= 11 is 0.